The Labute approximate surface area is 213 Å². The van der Waals surface area contributed by atoms with Gasteiger partial charge in [0, 0.05) is 37.9 Å². The maximum Gasteiger partial charge on any atom is 0.191 e. The number of aliphatic hydroxyl groups is 1. The number of aromatic nitrogens is 1. The van der Waals surface area contributed by atoms with E-state index in [9.17, 15) is 5.11 Å². The van der Waals surface area contributed by atoms with Crippen molar-refractivity contribution in [3.05, 3.63) is 53.7 Å². The molecule has 8 nitrogen and oxygen atoms in total. The van der Waals surface area contributed by atoms with Crippen molar-refractivity contribution in [1.82, 2.24) is 15.6 Å². The van der Waals surface area contributed by atoms with E-state index in [1.54, 1.807) is 0 Å². The number of ether oxygens (including phenoxy) is 2. The minimum Gasteiger partial charge on any atom is -0.491 e. The molecular formula is C24H36IN5O3. The quantitative estimate of drug-likeness (QED) is 0.243. The van der Waals surface area contributed by atoms with Gasteiger partial charge in [-0.2, -0.15) is 0 Å². The third kappa shape index (κ3) is 8.63. The molecule has 3 N–H and O–H groups in total. The van der Waals surface area contributed by atoms with Crippen molar-refractivity contribution in [3.8, 4) is 5.75 Å². The van der Waals surface area contributed by atoms with Crippen molar-refractivity contribution >= 4 is 35.8 Å². The van der Waals surface area contributed by atoms with Crippen molar-refractivity contribution < 1.29 is 14.6 Å². The number of hydrogen-bond acceptors (Lipinski definition) is 6. The van der Waals surface area contributed by atoms with Gasteiger partial charge >= 0.3 is 0 Å². The predicted octanol–water partition coefficient (Wildman–Crippen LogP) is 3.11. The van der Waals surface area contributed by atoms with Gasteiger partial charge in [0.1, 0.15) is 11.6 Å². The lowest BCUT2D eigenvalue weighted by Crippen LogP contribution is -2.39. The Hall–Kier alpha value is -2.11. The second-order valence-corrected chi connectivity index (χ2v) is 7.92. The summed E-state index contributed by atoms with van der Waals surface area (Å²) < 4.78 is 11.2. The van der Waals surface area contributed by atoms with Crippen LogP contribution in [-0.2, 0) is 11.3 Å². The van der Waals surface area contributed by atoms with Gasteiger partial charge in [0.05, 0.1) is 32.0 Å². The predicted molar refractivity (Wildman–Crippen MR) is 143 cm³/mol. The van der Waals surface area contributed by atoms with Crippen molar-refractivity contribution in [2.24, 2.45) is 4.99 Å². The number of nitrogens with zero attached hydrogens (tertiary/aromatic N) is 3. The van der Waals surface area contributed by atoms with Crippen LogP contribution in [0.2, 0.25) is 0 Å². The molecule has 1 fully saturated rings. The first kappa shape index (κ1) is 27.1. The molecule has 0 radical (unpaired) electrons. The number of guanidine groups is 1. The monoisotopic (exact) mass is 569 g/mol. The minimum absolute atomic E-state index is 0. The van der Waals surface area contributed by atoms with Gasteiger partial charge < -0.3 is 30.1 Å². The molecule has 1 unspecified atom stereocenters. The highest BCUT2D eigenvalue weighted by atomic mass is 127. The zero-order chi connectivity index (χ0) is 22.8. The number of pyridine rings is 1. The molecule has 2 heterocycles. The number of halogens is 1. The molecular weight excluding hydrogens is 533 g/mol. The summed E-state index contributed by atoms with van der Waals surface area (Å²) >= 11 is 0. The van der Waals surface area contributed by atoms with Gasteiger partial charge in [0.2, 0.25) is 0 Å². The number of hydrogen-bond donors (Lipinski definition) is 3. The molecule has 0 spiro atoms. The molecule has 182 valence electrons. The molecule has 0 amide bonds. The first-order valence-corrected chi connectivity index (χ1v) is 11.3. The fourth-order valence-electron chi connectivity index (χ4n) is 3.50. The number of morpholine rings is 1. The maximum atomic E-state index is 10.7. The zero-order valence-corrected chi connectivity index (χ0v) is 22.0. The molecule has 2 aromatic rings. The lowest BCUT2D eigenvalue weighted by atomic mass is 10.1. The fourth-order valence-corrected chi connectivity index (χ4v) is 3.50. The summed E-state index contributed by atoms with van der Waals surface area (Å²) in [6, 6.07) is 11.6. The highest BCUT2D eigenvalue weighted by molar-refractivity contribution is 14.0. The van der Waals surface area contributed by atoms with Crippen LogP contribution in [0.4, 0.5) is 5.82 Å². The van der Waals surface area contributed by atoms with E-state index in [0.29, 0.717) is 32.3 Å². The number of nitrogens with one attached hydrogen (secondary N) is 2. The Morgan fingerprint density at radius 3 is 2.73 bits per heavy atom. The molecule has 1 atom stereocenters. The van der Waals surface area contributed by atoms with Crippen LogP contribution in [0, 0.1) is 0 Å². The molecule has 1 saturated heterocycles. The van der Waals surface area contributed by atoms with E-state index >= 15 is 0 Å². The Kier molecular flexibility index (Phi) is 11.7. The Bertz CT molecular complexity index is 875. The third-order valence-corrected chi connectivity index (χ3v) is 5.01. The van der Waals surface area contributed by atoms with E-state index in [4.69, 9.17) is 14.5 Å². The first-order valence-electron chi connectivity index (χ1n) is 11.3. The molecule has 1 aliphatic rings. The number of benzene rings is 1. The summed E-state index contributed by atoms with van der Waals surface area (Å²) in [7, 11) is 0. The number of anilines is 1. The largest absolute Gasteiger partial charge is 0.491 e. The molecule has 0 aliphatic carbocycles. The van der Waals surface area contributed by atoms with Gasteiger partial charge in [-0.25, -0.2) is 9.98 Å². The first-order chi connectivity index (χ1) is 15.6. The molecule has 1 aliphatic heterocycles. The van der Waals surface area contributed by atoms with Gasteiger partial charge in [-0.15, -0.1) is 24.0 Å². The van der Waals surface area contributed by atoms with E-state index in [2.05, 4.69) is 26.6 Å². The maximum absolute atomic E-state index is 10.7. The van der Waals surface area contributed by atoms with E-state index in [1.807, 2.05) is 57.3 Å². The average Bonchev–Trinajstić information content (AvgIpc) is 2.81. The minimum atomic E-state index is -0.683. The second kappa shape index (κ2) is 14.2. The van der Waals surface area contributed by atoms with E-state index in [1.165, 1.54) is 0 Å². The number of aliphatic imine (C=N–C) groups is 1. The van der Waals surface area contributed by atoms with E-state index in [-0.39, 0.29) is 30.1 Å². The number of rotatable bonds is 9. The summed E-state index contributed by atoms with van der Waals surface area (Å²) in [5, 5.41) is 17.2. The smallest absolute Gasteiger partial charge is 0.191 e. The highest BCUT2D eigenvalue weighted by Crippen LogP contribution is 2.21. The topological polar surface area (TPSA) is 91.2 Å². The Morgan fingerprint density at radius 2 is 2.00 bits per heavy atom. The summed E-state index contributed by atoms with van der Waals surface area (Å²) in [6.07, 6.45) is 1.22. The molecule has 9 heteroatoms. The molecule has 0 bridgehead atoms. The van der Waals surface area contributed by atoms with Crippen molar-refractivity contribution in [2.75, 3.05) is 44.3 Å². The fraction of sp³-hybridized carbons (Fsp3) is 0.500. The van der Waals surface area contributed by atoms with Crippen LogP contribution in [0.15, 0.2) is 47.6 Å². The lowest BCUT2D eigenvalue weighted by Gasteiger charge is -2.29. The van der Waals surface area contributed by atoms with Crippen LogP contribution in [0.3, 0.4) is 0 Å². The van der Waals surface area contributed by atoms with Crippen molar-refractivity contribution in [3.63, 3.8) is 0 Å². The van der Waals surface area contributed by atoms with Crippen molar-refractivity contribution in [1.29, 1.82) is 0 Å². The standard InChI is InChI=1S/C24H35N5O3.HI/c1-4-25-24(28-17-22(30)19-7-5-9-21(15-19)32-18(2)3)27-16-20-8-6-10-26-23(20)29-11-13-31-14-12-29;/h5-10,15,18,22,30H,4,11-14,16-17H2,1-3H3,(H2,25,27,28);1H. The third-order valence-electron chi connectivity index (χ3n) is 5.01. The molecule has 3 rings (SSSR count). The van der Waals surface area contributed by atoms with Crippen LogP contribution < -0.4 is 20.3 Å². The van der Waals surface area contributed by atoms with Crippen LogP contribution in [-0.4, -0.2) is 61.5 Å². The molecule has 1 aromatic heterocycles. The van der Waals surface area contributed by atoms with Gasteiger partial charge in [0.15, 0.2) is 5.96 Å². The molecule has 33 heavy (non-hydrogen) atoms. The zero-order valence-electron chi connectivity index (χ0n) is 19.7. The van der Waals surface area contributed by atoms with E-state index in [0.717, 1.165) is 42.3 Å². The van der Waals surface area contributed by atoms with E-state index < -0.39 is 6.10 Å². The number of aliphatic hydroxyl groups excluding tert-OH is 1. The van der Waals surface area contributed by atoms with Gasteiger partial charge in [0.25, 0.3) is 0 Å². The summed E-state index contributed by atoms with van der Waals surface area (Å²) in [5.41, 5.74) is 1.86. The molecule has 1 aromatic carbocycles. The molecule has 0 saturated carbocycles. The average molecular weight is 569 g/mol. The SMILES string of the molecule is CCNC(=NCc1cccnc1N1CCOCC1)NCC(O)c1cccc(OC(C)C)c1.I. The van der Waals surface area contributed by atoms with Crippen LogP contribution >= 0.6 is 24.0 Å². The highest BCUT2D eigenvalue weighted by Gasteiger charge is 2.16. The normalized spacial score (nSPS) is 15.1. The van der Waals surface area contributed by atoms with Crippen LogP contribution in [0.25, 0.3) is 0 Å². The lowest BCUT2D eigenvalue weighted by molar-refractivity contribution is 0.122. The van der Waals surface area contributed by atoms with Gasteiger partial charge in [-0.1, -0.05) is 18.2 Å². The summed E-state index contributed by atoms with van der Waals surface area (Å²) in [6.45, 7) is 10.6. The van der Waals surface area contributed by atoms with Gasteiger partial charge in [-0.3, -0.25) is 0 Å². The second-order valence-electron chi connectivity index (χ2n) is 7.92. The Balaban J connectivity index is 0.00000385. The van der Waals surface area contributed by atoms with Crippen molar-refractivity contribution in [2.45, 2.75) is 39.5 Å². The van der Waals surface area contributed by atoms with Crippen LogP contribution in [0.1, 0.15) is 38.0 Å². The van der Waals surface area contributed by atoms with Gasteiger partial charge in [-0.05, 0) is 44.5 Å². The Morgan fingerprint density at radius 1 is 1.21 bits per heavy atom. The van der Waals surface area contributed by atoms with Crippen LogP contribution in [0.5, 0.6) is 5.75 Å². The summed E-state index contributed by atoms with van der Waals surface area (Å²) in [5.74, 6) is 2.36. The summed E-state index contributed by atoms with van der Waals surface area (Å²) in [4.78, 5) is 11.5.